The van der Waals surface area contributed by atoms with Crippen LogP contribution in [-0.4, -0.2) is 19.6 Å². The van der Waals surface area contributed by atoms with Gasteiger partial charge in [-0.15, -0.1) is 0 Å². The van der Waals surface area contributed by atoms with E-state index in [-0.39, 0.29) is 5.91 Å². The van der Waals surface area contributed by atoms with Crippen LogP contribution in [0, 0.1) is 0 Å². The average molecular weight is 298 g/mol. The van der Waals surface area contributed by atoms with E-state index >= 15 is 0 Å². The second kappa shape index (κ2) is 8.08. The van der Waals surface area contributed by atoms with Crippen molar-refractivity contribution in [1.82, 2.24) is 0 Å². The van der Waals surface area contributed by atoms with Gasteiger partial charge in [0.05, 0.1) is 13.5 Å². The lowest BCUT2D eigenvalue weighted by atomic mass is 10.1. The van der Waals surface area contributed by atoms with Crippen molar-refractivity contribution in [1.29, 1.82) is 0 Å². The molecule has 0 aliphatic rings. The van der Waals surface area contributed by atoms with Crippen molar-refractivity contribution in [3.8, 4) is 5.75 Å². The fourth-order valence-corrected chi connectivity index (χ4v) is 2.07. The molecule has 4 heteroatoms. The molecule has 116 valence electrons. The summed E-state index contributed by atoms with van der Waals surface area (Å²) in [6.07, 6.45) is 1.43. The number of benzene rings is 2. The van der Waals surface area contributed by atoms with E-state index < -0.39 is 0 Å². The maximum atomic E-state index is 12.0. The topological polar surface area (TPSA) is 50.4 Å². The SMILES string of the molecule is CCCNc1ccc(NC(=O)Cc2ccc(OC)cc2)cc1. The van der Waals surface area contributed by atoms with Gasteiger partial charge in [0.15, 0.2) is 0 Å². The molecule has 2 aromatic rings. The predicted octanol–water partition coefficient (Wildman–Crippen LogP) is 3.70. The quantitative estimate of drug-likeness (QED) is 0.819. The first-order valence-corrected chi connectivity index (χ1v) is 7.48. The van der Waals surface area contributed by atoms with Gasteiger partial charge in [0, 0.05) is 17.9 Å². The smallest absolute Gasteiger partial charge is 0.228 e. The number of hydrogen-bond donors (Lipinski definition) is 2. The average Bonchev–Trinajstić information content (AvgIpc) is 2.55. The fraction of sp³-hybridized carbons (Fsp3) is 0.278. The molecule has 0 aromatic heterocycles. The summed E-state index contributed by atoms with van der Waals surface area (Å²) >= 11 is 0. The Morgan fingerprint density at radius 3 is 2.23 bits per heavy atom. The first kappa shape index (κ1) is 15.9. The molecule has 2 rings (SSSR count). The normalized spacial score (nSPS) is 10.1. The third kappa shape index (κ3) is 4.81. The second-order valence-electron chi connectivity index (χ2n) is 5.08. The molecule has 0 bridgehead atoms. The van der Waals surface area contributed by atoms with Gasteiger partial charge < -0.3 is 15.4 Å². The summed E-state index contributed by atoms with van der Waals surface area (Å²) in [5.74, 6) is 0.763. The van der Waals surface area contributed by atoms with Gasteiger partial charge in [-0.1, -0.05) is 19.1 Å². The van der Waals surface area contributed by atoms with E-state index in [1.807, 2.05) is 48.5 Å². The summed E-state index contributed by atoms with van der Waals surface area (Å²) in [6, 6.07) is 15.3. The highest BCUT2D eigenvalue weighted by molar-refractivity contribution is 5.92. The fourth-order valence-electron chi connectivity index (χ4n) is 2.07. The zero-order valence-corrected chi connectivity index (χ0v) is 13.1. The number of rotatable bonds is 7. The molecule has 22 heavy (non-hydrogen) atoms. The monoisotopic (exact) mass is 298 g/mol. The molecule has 0 atom stereocenters. The van der Waals surface area contributed by atoms with Crippen molar-refractivity contribution in [2.24, 2.45) is 0 Å². The Morgan fingerprint density at radius 2 is 1.64 bits per heavy atom. The minimum absolute atomic E-state index is 0.0283. The number of carbonyl (C=O) groups excluding carboxylic acids is 1. The lowest BCUT2D eigenvalue weighted by Crippen LogP contribution is -2.14. The Hall–Kier alpha value is -2.49. The summed E-state index contributed by atoms with van der Waals surface area (Å²) in [7, 11) is 1.63. The summed E-state index contributed by atoms with van der Waals surface area (Å²) < 4.78 is 5.10. The third-order valence-corrected chi connectivity index (χ3v) is 3.27. The van der Waals surface area contributed by atoms with E-state index in [4.69, 9.17) is 4.74 Å². The maximum Gasteiger partial charge on any atom is 0.228 e. The highest BCUT2D eigenvalue weighted by Gasteiger charge is 2.04. The van der Waals surface area contributed by atoms with Crippen LogP contribution >= 0.6 is 0 Å². The molecule has 0 radical (unpaired) electrons. The van der Waals surface area contributed by atoms with Crippen LogP contribution in [0.3, 0.4) is 0 Å². The van der Waals surface area contributed by atoms with E-state index in [1.54, 1.807) is 7.11 Å². The van der Waals surface area contributed by atoms with Gasteiger partial charge in [0.1, 0.15) is 5.75 Å². The molecule has 0 unspecified atom stereocenters. The highest BCUT2D eigenvalue weighted by atomic mass is 16.5. The Balaban J connectivity index is 1.88. The maximum absolute atomic E-state index is 12.0. The van der Waals surface area contributed by atoms with Gasteiger partial charge in [-0.05, 0) is 48.4 Å². The molecule has 0 aliphatic heterocycles. The predicted molar refractivity (Wildman–Crippen MR) is 90.6 cm³/mol. The van der Waals surface area contributed by atoms with Crippen molar-refractivity contribution in [3.63, 3.8) is 0 Å². The Morgan fingerprint density at radius 1 is 1.00 bits per heavy atom. The molecule has 0 spiro atoms. The minimum Gasteiger partial charge on any atom is -0.497 e. The Kier molecular flexibility index (Phi) is 5.83. The molecule has 0 saturated heterocycles. The molecule has 1 amide bonds. The number of carbonyl (C=O) groups is 1. The third-order valence-electron chi connectivity index (χ3n) is 3.27. The largest absolute Gasteiger partial charge is 0.497 e. The summed E-state index contributed by atoms with van der Waals surface area (Å²) in [5.41, 5.74) is 2.83. The van der Waals surface area contributed by atoms with E-state index in [1.165, 1.54) is 0 Å². The Labute approximate surface area is 131 Å². The van der Waals surface area contributed by atoms with E-state index in [0.29, 0.717) is 6.42 Å². The van der Waals surface area contributed by atoms with Crippen molar-refractivity contribution in [3.05, 3.63) is 54.1 Å². The van der Waals surface area contributed by atoms with Gasteiger partial charge in [0.25, 0.3) is 0 Å². The van der Waals surface area contributed by atoms with Crippen LogP contribution in [0.15, 0.2) is 48.5 Å². The lowest BCUT2D eigenvalue weighted by molar-refractivity contribution is -0.115. The van der Waals surface area contributed by atoms with Gasteiger partial charge in [-0.2, -0.15) is 0 Å². The first-order chi connectivity index (χ1) is 10.7. The number of hydrogen-bond acceptors (Lipinski definition) is 3. The molecule has 0 fully saturated rings. The van der Waals surface area contributed by atoms with Gasteiger partial charge >= 0.3 is 0 Å². The van der Waals surface area contributed by atoms with E-state index in [2.05, 4.69) is 17.6 Å². The number of methoxy groups -OCH3 is 1. The van der Waals surface area contributed by atoms with Crippen LogP contribution < -0.4 is 15.4 Å². The number of ether oxygens (including phenoxy) is 1. The van der Waals surface area contributed by atoms with Gasteiger partial charge in [-0.25, -0.2) is 0 Å². The van der Waals surface area contributed by atoms with Crippen LogP contribution in [0.2, 0.25) is 0 Å². The molecule has 0 heterocycles. The van der Waals surface area contributed by atoms with E-state index in [0.717, 1.165) is 35.7 Å². The summed E-state index contributed by atoms with van der Waals surface area (Å²) in [6.45, 7) is 3.07. The molecule has 0 aliphatic carbocycles. The molecule has 2 aromatic carbocycles. The Bertz CT molecular complexity index is 591. The van der Waals surface area contributed by atoms with Crippen molar-refractivity contribution in [2.45, 2.75) is 19.8 Å². The lowest BCUT2D eigenvalue weighted by Gasteiger charge is -2.08. The van der Waals surface area contributed by atoms with Crippen LogP contribution in [0.4, 0.5) is 11.4 Å². The van der Waals surface area contributed by atoms with Crippen molar-refractivity contribution < 1.29 is 9.53 Å². The highest BCUT2D eigenvalue weighted by Crippen LogP contribution is 2.15. The van der Waals surface area contributed by atoms with Crippen molar-refractivity contribution in [2.75, 3.05) is 24.3 Å². The zero-order chi connectivity index (χ0) is 15.8. The summed E-state index contributed by atoms with van der Waals surface area (Å²) in [4.78, 5) is 12.0. The zero-order valence-electron chi connectivity index (χ0n) is 13.1. The molecular weight excluding hydrogens is 276 g/mol. The van der Waals surface area contributed by atoms with E-state index in [9.17, 15) is 4.79 Å². The van der Waals surface area contributed by atoms with Crippen LogP contribution in [0.5, 0.6) is 5.75 Å². The van der Waals surface area contributed by atoms with Gasteiger partial charge in [-0.3, -0.25) is 4.79 Å². The molecule has 2 N–H and O–H groups in total. The molecule has 4 nitrogen and oxygen atoms in total. The second-order valence-corrected chi connectivity index (χ2v) is 5.08. The van der Waals surface area contributed by atoms with Gasteiger partial charge in [0.2, 0.25) is 5.91 Å². The molecular formula is C18H22N2O2. The number of anilines is 2. The van der Waals surface area contributed by atoms with Crippen LogP contribution in [0.25, 0.3) is 0 Å². The number of amides is 1. The standard InChI is InChI=1S/C18H22N2O2/c1-3-12-19-15-6-8-16(9-7-15)20-18(21)13-14-4-10-17(22-2)11-5-14/h4-11,19H,3,12-13H2,1-2H3,(H,20,21). The summed E-state index contributed by atoms with van der Waals surface area (Å²) in [5, 5.41) is 6.21. The van der Waals surface area contributed by atoms with Crippen LogP contribution in [0.1, 0.15) is 18.9 Å². The van der Waals surface area contributed by atoms with Crippen LogP contribution in [-0.2, 0) is 11.2 Å². The number of nitrogens with one attached hydrogen (secondary N) is 2. The molecule has 0 saturated carbocycles. The minimum atomic E-state index is -0.0283. The first-order valence-electron chi connectivity index (χ1n) is 7.48. The van der Waals surface area contributed by atoms with Crippen molar-refractivity contribution >= 4 is 17.3 Å².